The maximum absolute atomic E-state index is 5.21. The summed E-state index contributed by atoms with van der Waals surface area (Å²) >= 11 is 0. The molecule has 4 nitrogen and oxygen atoms in total. The highest BCUT2D eigenvalue weighted by molar-refractivity contribution is 6.17. The normalized spacial score (nSPS) is 24.1. The van der Waals surface area contributed by atoms with E-state index >= 15 is 0 Å². The molecule has 2 aromatic carbocycles. The quantitative estimate of drug-likeness (QED) is 0.457. The average molecular weight is 485 g/mol. The molecule has 0 fully saturated rings. The molecule has 0 amide bonds. The van der Waals surface area contributed by atoms with Gasteiger partial charge in [0.25, 0.3) is 0 Å². The Balaban J connectivity index is 1.67. The van der Waals surface area contributed by atoms with Crippen molar-refractivity contribution in [3.63, 3.8) is 0 Å². The van der Waals surface area contributed by atoms with Crippen molar-refractivity contribution in [1.82, 2.24) is 5.01 Å². The minimum Gasteiger partial charge on any atom is -0.371 e. The topological polar surface area (TPSA) is 22.1 Å². The lowest BCUT2D eigenvalue weighted by atomic mass is 9.63. The number of rotatable bonds is 2. The molecule has 3 aliphatic heterocycles. The van der Waals surface area contributed by atoms with E-state index in [1.165, 1.54) is 84.4 Å². The van der Waals surface area contributed by atoms with E-state index in [0.29, 0.717) is 5.92 Å². The Morgan fingerprint density at radius 1 is 1.00 bits per heavy atom. The van der Waals surface area contributed by atoms with E-state index in [2.05, 4.69) is 83.6 Å². The fourth-order valence-electron chi connectivity index (χ4n) is 8.19. The van der Waals surface area contributed by atoms with Gasteiger partial charge in [-0.25, -0.2) is 0 Å². The Hall–Kier alpha value is -2.49. The van der Waals surface area contributed by atoms with Crippen LogP contribution in [0.25, 0.3) is 0 Å². The van der Waals surface area contributed by atoms with Crippen molar-refractivity contribution in [2.75, 3.05) is 43.5 Å². The van der Waals surface area contributed by atoms with Crippen LogP contribution in [0.1, 0.15) is 106 Å². The highest BCUT2D eigenvalue weighted by Crippen LogP contribution is 2.52. The molecule has 0 saturated heterocycles. The van der Waals surface area contributed by atoms with Gasteiger partial charge in [-0.3, -0.25) is 0 Å². The Morgan fingerprint density at radius 3 is 2.42 bits per heavy atom. The van der Waals surface area contributed by atoms with Gasteiger partial charge in [-0.1, -0.05) is 20.8 Å². The van der Waals surface area contributed by atoms with Crippen LogP contribution >= 0.6 is 0 Å². The summed E-state index contributed by atoms with van der Waals surface area (Å²) in [6.45, 7) is 18.0. The van der Waals surface area contributed by atoms with Crippen molar-refractivity contribution in [2.45, 2.75) is 90.5 Å². The van der Waals surface area contributed by atoms with Crippen molar-refractivity contribution in [3.8, 4) is 0 Å². The molecule has 0 N–H and O–H groups in total. The fourth-order valence-corrected chi connectivity index (χ4v) is 8.19. The fraction of sp³-hybridized carbons (Fsp3) is 0.594. The van der Waals surface area contributed by atoms with Gasteiger partial charge in [0.2, 0.25) is 0 Å². The zero-order valence-corrected chi connectivity index (χ0v) is 23.8. The molecule has 0 saturated carbocycles. The molecular weight excluding hydrogens is 440 g/mol. The van der Waals surface area contributed by atoms with Crippen LogP contribution in [0.4, 0.5) is 11.4 Å². The standard InChI is InChI=1S/C32H44N4/c1-9-36-27-18-26-24(17-23(27)20(2)19-31(36,3)4)29(33-34(7)8)25-16-21-12-10-14-35-15-11-13-22(30(21)35)28(25)32(26,5)6/h16-18,20H,9-15,19H2,1-8H3. The number of benzene rings is 2. The van der Waals surface area contributed by atoms with E-state index in [1.54, 1.807) is 16.8 Å². The van der Waals surface area contributed by atoms with E-state index in [1.807, 2.05) is 5.01 Å². The first-order chi connectivity index (χ1) is 17.0. The lowest BCUT2D eigenvalue weighted by Gasteiger charge is -2.49. The largest absolute Gasteiger partial charge is 0.371 e. The van der Waals surface area contributed by atoms with Crippen LogP contribution in [-0.4, -0.2) is 50.0 Å². The molecule has 4 heteroatoms. The van der Waals surface area contributed by atoms with Crippen LogP contribution in [0.3, 0.4) is 0 Å². The van der Waals surface area contributed by atoms with Crippen molar-refractivity contribution in [2.24, 2.45) is 5.10 Å². The molecule has 0 aromatic heterocycles. The number of fused-ring (bicyclic) bond motifs is 4. The minimum atomic E-state index is -0.0694. The molecule has 0 bridgehead atoms. The van der Waals surface area contributed by atoms with Crippen LogP contribution in [0.5, 0.6) is 0 Å². The molecule has 6 rings (SSSR count). The van der Waals surface area contributed by atoms with Gasteiger partial charge in [0.05, 0.1) is 5.71 Å². The summed E-state index contributed by atoms with van der Waals surface area (Å²) in [4.78, 5) is 5.33. The van der Waals surface area contributed by atoms with Crippen LogP contribution < -0.4 is 9.80 Å². The smallest absolute Gasteiger partial charge is 0.0982 e. The third-order valence-electron chi connectivity index (χ3n) is 9.47. The van der Waals surface area contributed by atoms with Crippen LogP contribution in [0, 0.1) is 0 Å². The van der Waals surface area contributed by atoms with Gasteiger partial charge < -0.3 is 14.8 Å². The summed E-state index contributed by atoms with van der Waals surface area (Å²) < 4.78 is 0. The minimum absolute atomic E-state index is 0.0694. The van der Waals surface area contributed by atoms with Gasteiger partial charge in [0.15, 0.2) is 0 Å². The highest BCUT2D eigenvalue weighted by atomic mass is 15.4. The van der Waals surface area contributed by atoms with Gasteiger partial charge in [-0.05, 0) is 105 Å². The van der Waals surface area contributed by atoms with E-state index in [9.17, 15) is 0 Å². The molecule has 2 aromatic rings. The maximum Gasteiger partial charge on any atom is 0.0982 e. The van der Waals surface area contributed by atoms with E-state index in [4.69, 9.17) is 5.10 Å². The molecule has 36 heavy (non-hydrogen) atoms. The second kappa shape index (κ2) is 8.00. The predicted molar refractivity (Wildman–Crippen MR) is 153 cm³/mol. The van der Waals surface area contributed by atoms with Gasteiger partial charge >= 0.3 is 0 Å². The lowest BCUT2D eigenvalue weighted by Crippen LogP contribution is -2.48. The molecule has 192 valence electrons. The van der Waals surface area contributed by atoms with Crippen molar-refractivity contribution in [1.29, 1.82) is 0 Å². The third kappa shape index (κ3) is 3.28. The SMILES string of the molecule is CCN1c2cc3c(cc2C(C)CC1(C)C)C(=NN(C)C)c1cc2c4c(c1C3(C)C)CCCN4CCC2. The Kier molecular flexibility index (Phi) is 5.31. The maximum atomic E-state index is 5.21. The Labute approximate surface area is 218 Å². The van der Waals surface area contributed by atoms with Crippen LogP contribution in [0.2, 0.25) is 0 Å². The summed E-state index contributed by atoms with van der Waals surface area (Å²) in [5.74, 6) is 0.534. The van der Waals surface area contributed by atoms with E-state index in [-0.39, 0.29) is 11.0 Å². The number of hydrogen-bond acceptors (Lipinski definition) is 4. The molecular formula is C32H44N4. The molecule has 1 unspecified atom stereocenters. The summed E-state index contributed by atoms with van der Waals surface area (Å²) in [5.41, 5.74) is 14.6. The van der Waals surface area contributed by atoms with Gasteiger partial charge in [-0.2, -0.15) is 5.10 Å². The monoisotopic (exact) mass is 484 g/mol. The summed E-state index contributed by atoms with van der Waals surface area (Å²) in [6.07, 6.45) is 6.08. The van der Waals surface area contributed by atoms with Gasteiger partial charge in [0.1, 0.15) is 0 Å². The second-order valence-electron chi connectivity index (χ2n) is 13.0. The first kappa shape index (κ1) is 23.9. The Bertz CT molecular complexity index is 1260. The zero-order valence-electron chi connectivity index (χ0n) is 23.8. The summed E-state index contributed by atoms with van der Waals surface area (Å²) in [5, 5.41) is 7.21. The number of anilines is 2. The van der Waals surface area contributed by atoms with Crippen molar-refractivity contribution < 1.29 is 0 Å². The molecule has 0 spiro atoms. The van der Waals surface area contributed by atoms with Crippen LogP contribution in [0.15, 0.2) is 23.3 Å². The predicted octanol–water partition coefficient (Wildman–Crippen LogP) is 6.45. The lowest BCUT2D eigenvalue weighted by molar-refractivity contribution is 0.381. The average Bonchev–Trinajstić information content (AvgIpc) is 2.81. The first-order valence-electron chi connectivity index (χ1n) is 14.2. The van der Waals surface area contributed by atoms with Gasteiger partial charge in [0, 0.05) is 67.2 Å². The van der Waals surface area contributed by atoms with E-state index < -0.39 is 0 Å². The molecule has 1 aliphatic carbocycles. The summed E-state index contributed by atoms with van der Waals surface area (Å²) in [6, 6.07) is 7.62. The third-order valence-corrected chi connectivity index (χ3v) is 9.47. The highest BCUT2D eigenvalue weighted by Gasteiger charge is 2.44. The number of nitrogens with zero attached hydrogens (tertiary/aromatic N) is 4. The number of aryl methyl sites for hydroxylation is 1. The zero-order chi connectivity index (χ0) is 25.6. The number of hydrogen-bond donors (Lipinski definition) is 0. The van der Waals surface area contributed by atoms with E-state index in [0.717, 1.165) is 6.54 Å². The molecule has 4 aliphatic rings. The van der Waals surface area contributed by atoms with Crippen molar-refractivity contribution in [3.05, 3.63) is 57.1 Å². The summed E-state index contributed by atoms with van der Waals surface area (Å²) in [7, 11) is 4.14. The number of hydrazone groups is 1. The second-order valence-corrected chi connectivity index (χ2v) is 13.0. The molecule has 1 atom stereocenters. The molecule has 3 heterocycles. The van der Waals surface area contributed by atoms with Crippen LogP contribution in [-0.2, 0) is 18.3 Å². The van der Waals surface area contributed by atoms with Crippen molar-refractivity contribution >= 4 is 17.1 Å². The molecule has 0 radical (unpaired) electrons. The van der Waals surface area contributed by atoms with Gasteiger partial charge in [-0.15, -0.1) is 0 Å². The first-order valence-corrected chi connectivity index (χ1v) is 14.2. The Morgan fingerprint density at radius 2 is 1.72 bits per heavy atom.